The van der Waals surface area contributed by atoms with Crippen molar-refractivity contribution in [3.05, 3.63) is 42.2 Å². The molecule has 0 amide bonds. The Labute approximate surface area is 86.3 Å². The molecule has 0 saturated heterocycles. The van der Waals surface area contributed by atoms with Crippen molar-refractivity contribution in [2.45, 2.75) is 6.92 Å². The molecule has 0 saturated carbocycles. The Morgan fingerprint density at radius 3 is 2.67 bits per heavy atom. The van der Waals surface area contributed by atoms with Gasteiger partial charge in [0.15, 0.2) is 11.6 Å². The summed E-state index contributed by atoms with van der Waals surface area (Å²) < 4.78 is 18.2. The number of ether oxygens (including phenoxy) is 1. The molecule has 0 bridgehead atoms. The van der Waals surface area contributed by atoms with E-state index in [4.69, 9.17) is 4.74 Å². The normalized spacial score (nSPS) is 10.3. The maximum absolute atomic E-state index is 13.4. The highest BCUT2D eigenvalue weighted by Gasteiger charge is 2.10. The summed E-state index contributed by atoms with van der Waals surface area (Å²) in [5, 5.41) is 1.45. The van der Waals surface area contributed by atoms with Crippen LogP contribution in [0.4, 0.5) is 4.39 Å². The summed E-state index contributed by atoms with van der Waals surface area (Å²) in [4.78, 5) is 10.8. The molecule has 0 atom stereocenters. The van der Waals surface area contributed by atoms with Crippen LogP contribution in [0, 0.1) is 5.82 Å². The highest BCUT2D eigenvalue weighted by atomic mass is 19.1. The molecular formula is C12H9FO2. The SMILES string of the molecule is CC(=O)Oc1c(F)ccc2ccccc12. The van der Waals surface area contributed by atoms with Gasteiger partial charge in [0.1, 0.15) is 0 Å². The minimum atomic E-state index is -0.524. The molecule has 15 heavy (non-hydrogen) atoms. The predicted molar refractivity (Wildman–Crippen MR) is 55.2 cm³/mol. The van der Waals surface area contributed by atoms with E-state index in [1.165, 1.54) is 13.0 Å². The fourth-order valence-corrected chi connectivity index (χ4v) is 1.46. The molecule has 0 unspecified atom stereocenters. The van der Waals surface area contributed by atoms with E-state index in [0.717, 1.165) is 5.39 Å². The van der Waals surface area contributed by atoms with E-state index in [0.29, 0.717) is 5.39 Å². The van der Waals surface area contributed by atoms with Gasteiger partial charge in [0.05, 0.1) is 0 Å². The number of esters is 1. The van der Waals surface area contributed by atoms with Gasteiger partial charge in [-0.05, 0) is 11.5 Å². The lowest BCUT2D eigenvalue weighted by Gasteiger charge is -2.06. The molecule has 76 valence electrons. The maximum Gasteiger partial charge on any atom is 0.308 e. The van der Waals surface area contributed by atoms with Gasteiger partial charge in [-0.15, -0.1) is 0 Å². The van der Waals surface area contributed by atoms with Crippen LogP contribution in [0.2, 0.25) is 0 Å². The van der Waals surface area contributed by atoms with Crippen LogP contribution in [-0.2, 0) is 4.79 Å². The van der Waals surface area contributed by atoms with Crippen LogP contribution < -0.4 is 4.74 Å². The maximum atomic E-state index is 13.4. The molecule has 0 heterocycles. The number of hydrogen-bond acceptors (Lipinski definition) is 2. The zero-order valence-electron chi connectivity index (χ0n) is 8.16. The average molecular weight is 204 g/mol. The third-order valence-electron chi connectivity index (χ3n) is 2.08. The first-order chi connectivity index (χ1) is 7.18. The number of halogens is 1. The standard InChI is InChI=1S/C12H9FO2/c1-8(14)15-12-10-5-3-2-4-9(10)6-7-11(12)13/h2-7H,1H3. The second-order valence-electron chi connectivity index (χ2n) is 3.19. The molecule has 3 heteroatoms. The fraction of sp³-hybridized carbons (Fsp3) is 0.0833. The van der Waals surface area contributed by atoms with E-state index in [1.54, 1.807) is 18.2 Å². The van der Waals surface area contributed by atoms with E-state index in [1.807, 2.05) is 12.1 Å². The smallest absolute Gasteiger partial charge is 0.308 e. The largest absolute Gasteiger partial charge is 0.423 e. The van der Waals surface area contributed by atoms with Crippen molar-refractivity contribution in [3.63, 3.8) is 0 Å². The van der Waals surface area contributed by atoms with Crippen LogP contribution in [0.25, 0.3) is 10.8 Å². The van der Waals surface area contributed by atoms with Crippen LogP contribution in [0.1, 0.15) is 6.92 Å². The van der Waals surface area contributed by atoms with Gasteiger partial charge in [-0.1, -0.05) is 30.3 Å². The number of fused-ring (bicyclic) bond motifs is 1. The quantitative estimate of drug-likeness (QED) is 0.527. The summed E-state index contributed by atoms with van der Waals surface area (Å²) in [6.45, 7) is 1.25. The summed E-state index contributed by atoms with van der Waals surface area (Å²) in [5.74, 6) is -1.05. The molecule has 2 nitrogen and oxygen atoms in total. The molecule has 2 aromatic rings. The van der Waals surface area contributed by atoms with Gasteiger partial charge in [-0.2, -0.15) is 0 Å². The predicted octanol–water partition coefficient (Wildman–Crippen LogP) is 2.90. The number of hydrogen-bond donors (Lipinski definition) is 0. The number of carbonyl (C=O) groups excluding carboxylic acids is 1. The van der Waals surface area contributed by atoms with E-state index in [-0.39, 0.29) is 5.75 Å². The van der Waals surface area contributed by atoms with Gasteiger partial charge in [0.25, 0.3) is 0 Å². The minimum absolute atomic E-state index is 0.000556. The van der Waals surface area contributed by atoms with Crippen molar-refractivity contribution in [2.75, 3.05) is 0 Å². The van der Waals surface area contributed by atoms with Crippen LogP contribution in [0.15, 0.2) is 36.4 Å². The zero-order valence-corrected chi connectivity index (χ0v) is 8.16. The topological polar surface area (TPSA) is 26.3 Å². The number of carbonyl (C=O) groups is 1. The molecule has 0 radical (unpaired) electrons. The monoisotopic (exact) mass is 204 g/mol. The van der Waals surface area contributed by atoms with Gasteiger partial charge in [0, 0.05) is 12.3 Å². The third-order valence-corrected chi connectivity index (χ3v) is 2.08. The summed E-state index contributed by atoms with van der Waals surface area (Å²) in [7, 11) is 0. The van der Waals surface area contributed by atoms with Crippen molar-refractivity contribution in [1.82, 2.24) is 0 Å². The fourth-order valence-electron chi connectivity index (χ4n) is 1.46. The second kappa shape index (κ2) is 3.69. The molecule has 0 aromatic heterocycles. The molecule has 2 aromatic carbocycles. The summed E-state index contributed by atoms with van der Waals surface area (Å²) in [6, 6.07) is 10.1. The van der Waals surface area contributed by atoms with Crippen LogP contribution in [0.3, 0.4) is 0 Å². The third kappa shape index (κ3) is 1.81. The van der Waals surface area contributed by atoms with Crippen molar-refractivity contribution < 1.29 is 13.9 Å². The molecule has 0 spiro atoms. The van der Waals surface area contributed by atoms with Gasteiger partial charge in [0.2, 0.25) is 0 Å². The highest BCUT2D eigenvalue weighted by molar-refractivity contribution is 5.90. The average Bonchev–Trinajstić information content (AvgIpc) is 2.22. The van der Waals surface area contributed by atoms with E-state index in [9.17, 15) is 9.18 Å². The van der Waals surface area contributed by atoms with Crippen molar-refractivity contribution in [3.8, 4) is 5.75 Å². The van der Waals surface area contributed by atoms with Gasteiger partial charge < -0.3 is 4.74 Å². The molecule has 0 aliphatic heterocycles. The molecule has 0 N–H and O–H groups in total. The number of benzene rings is 2. The van der Waals surface area contributed by atoms with Crippen molar-refractivity contribution >= 4 is 16.7 Å². The van der Waals surface area contributed by atoms with Crippen molar-refractivity contribution in [1.29, 1.82) is 0 Å². The molecule has 0 aliphatic carbocycles. The first-order valence-corrected chi connectivity index (χ1v) is 4.54. The van der Waals surface area contributed by atoms with E-state index < -0.39 is 11.8 Å². The minimum Gasteiger partial charge on any atom is -0.423 e. The Bertz CT molecular complexity index is 520. The van der Waals surface area contributed by atoms with Crippen molar-refractivity contribution in [2.24, 2.45) is 0 Å². The Morgan fingerprint density at radius 1 is 1.20 bits per heavy atom. The summed E-state index contributed by atoms with van der Waals surface area (Å²) in [6.07, 6.45) is 0. The Morgan fingerprint density at radius 2 is 1.93 bits per heavy atom. The van der Waals surface area contributed by atoms with E-state index in [2.05, 4.69) is 0 Å². The van der Waals surface area contributed by atoms with E-state index >= 15 is 0 Å². The Kier molecular flexibility index (Phi) is 2.37. The number of rotatable bonds is 1. The highest BCUT2D eigenvalue weighted by Crippen LogP contribution is 2.28. The molecule has 2 rings (SSSR count). The first-order valence-electron chi connectivity index (χ1n) is 4.54. The van der Waals surface area contributed by atoms with Gasteiger partial charge in [-0.25, -0.2) is 4.39 Å². The molecule has 0 fully saturated rings. The summed E-state index contributed by atoms with van der Waals surface area (Å²) in [5.41, 5.74) is 0. The lowest BCUT2D eigenvalue weighted by Crippen LogP contribution is -2.03. The Balaban J connectivity index is 2.68. The lowest BCUT2D eigenvalue weighted by atomic mass is 10.1. The molecular weight excluding hydrogens is 195 g/mol. The van der Waals surface area contributed by atoms with Crippen LogP contribution in [0.5, 0.6) is 5.75 Å². The Hall–Kier alpha value is -1.90. The second-order valence-corrected chi connectivity index (χ2v) is 3.19. The van der Waals surface area contributed by atoms with Crippen LogP contribution >= 0.6 is 0 Å². The summed E-state index contributed by atoms with van der Waals surface area (Å²) >= 11 is 0. The van der Waals surface area contributed by atoms with Gasteiger partial charge in [-0.3, -0.25) is 4.79 Å². The molecule has 0 aliphatic rings. The first kappa shape index (κ1) is 9.65. The van der Waals surface area contributed by atoms with Gasteiger partial charge >= 0.3 is 5.97 Å². The zero-order chi connectivity index (χ0) is 10.8. The van der Waals surface area contributed by atoms with Crippen LogP contribution in [-0.4, -0.2) is 5.97 Å². The lowest BCUT2D eigenvalue weighted by molar-refractivity contribution is -0.132.